The van der Waals surface area contributed by atoms with Crippen molar-refractivity contribution in [3.05, 3.63) is 58.6 Å². The van der Waals surface area contributed by atoms with Crippen molar-refractivity contribution in [1.82, 2.24) is 4.72 Å². The molecule has 0 radical (unpaired) electrons. The van der Waals surface area contributed by atoms with Crippen molar-refractivity contribution in [3.8, 4) is 0 Å². The maximum atomic E-state index is 12.2. The lowest BCUT2D eigenvalue weighted by molar-refractivity contribution is 0.581. The Balaban J connectivity index is 2.20. The van der Waals surface area contributed by atoms with E-state index in [9.17, 15) is 8.42 Å². The Morgan fingerprint density at radius 2 is 1.90 bits per heavy atom. The number of sulfonamides is 1. The van der Waals surface area contributed by atoms with Crippen molar-refractivity contribution in [2.24, 2.45) is 0 Å². The molecular weight excluding hydrogens is 296 g/mol. The molecular formula is C14H15ClN2O2S. The zero-order chi connectivity index (χ0) is 14.8. The van der Waals surface area contributed by atoms with Gasteiger partial charge in [-0.25, -0.2) is 13.1 Å². The van der Waals surface area contributed by atoms with Gasteiger partial charge in [0.15, 0.2) is 0 Å². The summed E-state index contributed by atoms with van der Waals surface area (Å²) in [6.07, 6.45) is 0. The Morgan fingerprint density at radius 3 is 2.60 bits per heavy atom. The number of anilines is 1. The molecule has 106 valence electrons. The largest absolute Gasteiger partial charge is 0.399 e. The summed E-state index contributed by atoms with van der Waals surface area (Å²) in [7, 11) is -3.59. The SMILES string of the molecule is Cc1c(N)cccc1CNS(=O)(=O)c1cccc(Cl)c1. The van der Waals surface area contributed by atoms with E-state index in [1.165, 1.54) is 12.1 Å². The van der Waals surface area contributed by atoms with Gasteiger partial charge in [0.25, 0.3) is 0 Å². The molecule has 0 aliphatic carbocycles. The number of hydrogen-bond donors (Lipinski definition) is 2. The molecule has 3 N–H and O–H groups in total. The molecule has 0 heterocycles. The van der Waals surface area contributed by atoms with E-state index in [2.05, 4.69) is 4.72 Å². The molecule has 0 saturated heterocycles. The molecule has 0 fully saturated rings. The fourth-order valence-electron chi connectivity index (χ4n) is 1.79. The lowest BCUT2D eigenvalue weighted by Gasteiger charge is -2.10. The fraction of sp³-hybridized carbons (Fsp3) is 0.143. The first kappa shape index (κ1) is 14.8. The standard InChI is InChI=1S/C14H15ClN2O2S/c1-10-11(4-2-7-14(10)16)9-17-20(18,19)13-6-3-5-12(15)8-13/h2-8,17H,9,16H2,1H3. The van der Waals surface area contributed by atoms with Gasteiger partial charge >= 0.3 is 0 Å². The summed E-state index contributed by atoms with van der Waals surface area (Å²) in [5.74, 6) is 0. The van der Waals surface area contributed by atoms with Crippen molar-refractivity contribution in [2.75, 3.05) is 5.73 Å². The molecule has 20 heavy (non-hydrogen) atoms. The predicted octanol–water partition coefficient (Wildman–Crippen LogP) is 2.71. The highest BCUT2D eigenvalue weighted by Gasteiger charge is 2.14. The lowest BCUT2D eigenvalue weighted by atomic mass is 10.1. The minimum Gasteiger partial charge on any atom is -0.399 e. The van der Waals surface area contributed by atoms with E-state index in [-0.39, 0.29) is 11.4 Å². The molecule has 2 aromatic rings. The zero-order valence-electron chi connectivity index (χ0n) is 10.9. The molecule has 0 aliphatic heterocycles. The van der Waals surface area contributed by atoms with E-state index in [4.69, 9.17) is 17.3 Å². The number of rotatable bonds is 4. The van der Waals surface area contributed by atoms with Gasteiger partial charge in [-0.05, 0) is 42.3 Å². The molecule has 0 aliphatic rings. The van der Waals surface area contributed by atoms with Crippen molar-refractivity contribution in [3.63, 3.8) is 0 Å². The molecule has 2 rings (SSSR count). The number of halogens is 1. The quantitative estimate of drug-likeness (QED) is 0.853. The highest BCUT2D eigenvalue weighted by Crippen LogP contribution is 2.18. The van der Waals surface area contributed by atoms with E-state index in [0.29, 0.717) is 10.7 Å². The highest BCUT2D eigenvalue weighted by molar-refractivity contribution is 7.89. The third-order valence-corrected chi connectivity index (χ3v) is 4.68. The Morgan fingerprint density at radius 1 is 1.20 bits per heavy atom. The minimum atomic E-state index is -3.59. The molecule has 4 nitrogen and oxygen atoms in total. The van der Waals surface area contributed by atoms with Crippen LogP contribution in [0.25, 0.3) is 0 Å². The van der Waals surface area contributed by atoms with Crippen LogP contribution in [0.5, 0.6) is 0 Å². The van der Waals surface area contributed by atoms with Crippen molar-refractivity contribution >= 4 is 27.3 Å². The number of nitrogen functional groups attached to an aromatic ring is 1. The van der Waals surface area contributed by atoms with Crippen LogP contribution in [0.4, 0.5) is 5.69 Å². The summed E-state index contributed by atoms with van der Waals surface area (Å²) in [4.78, 5) is 0.145. The molecule has 0 amide bonds. The Bertz CT molecular complexity index is 730. The van der Waals surface area contributed by atoms with Crippen LogP contribution in [0, 0.1) is 6.92 Å². The average molecular weight is 311 g/mol. The summed E-state index contributed by atoms with van der Waals surface area (Å²) in [5.41, 5.74) is 8.16. The second kappa shape index (κ2) is 5.83. The van der Waals surface area contributed by atoms with Crippen LogP contribution in [-0.2, 0) is 16.6 Å². The molecule has 0 saturated carbocycles. The van der Waals surface area contributed by atoms with Crippen molar-refractivity contribution in [2.45, 2.75) is 18.4 Å². The predicted molar refractivity (Wildman–Crippen MR) is 81.1 cm³/mol. The number of nitrogens with two attached hydrogens (primary N) is 1. The number of nitrogens with one attached hydrogen (secondary N) is 1. The molecule has 2 aromatic carbocycles. The lowest BCUT2D eigenvalue weighted by Crippen LogP contribution is -2.23. The number of benzene rings is 2. The van der Waals surface area contributed by atoms with Gasteiger partial charge in [-0.2, -0.15) is 0 Å². The second-order valence-electron chi connectivity index (χ2n) is 4.41. The van der Waals surface area contributed by atoms with Crippen LogP contribution in [0.1, 0.15) is 11.1 Å². The molecule has 0 bridgehead atoms. The average Bonchev–Trinajstić information content (AvgIpc) is 2.40. The van der Waals surface area contributed by atoms with Crippen LogP contribution in [0.15, 0.2) is 47.4 Å². The first-order chi connectivity index (χ1) is 9.40. The van der Waals surface area contributed by atoms with Crippen LogP contribution in [0.2, 0.25) is 5.02 Å². The number of hydrogen-bond acceptors (Lipinski definition) is 3. The molecule has 6 heteroatoms. The second-order valence-corrected chi connectivity index (χ2v) is 6.62. The Hall–Kier alpha value is -1.56. The zero-order valence-corrected chi connectivity index (χ0v) is 12.5. The smallest absolute Gasteiger partial charge is 0.240 e. The maximum absolute atomic E-state index is 12.2. The van der Waals surface area contributed by atoms with E-state index in [1.54, 1.807) is 24.3 Å². The summed E-state index contributed by atoms with van der Waals surface area (Å²) in [5, 5.41) is 0.382. The maximum Gasteiger partial charge on any atom is 0.240 e. The van der Waals surface area contributed by atoms with Gasteiger partial charge in [-0.15, -0.1) is 0 Å². The van der Waals surface area contributed by atoms with Crippen LogP contribution in [-0.4, -0.2) is 8.42 Å². The first-order valence-corrected chi connectivity index (χ1v) is 7.85. The van der Waals surface area contributed by atoms with Gasteiger partial charge in [-0.3, -0.25) is 0 Å². The van der Waals surface area contributed by atoms with Crippen LogP contribution >= 0.6 is 11.6 Å². The summed E-state index contributed by atoms with van der Waals surface area (Å²) in [6.45, 7) is 2.05. The van der Waals surface area contributed by atoms with Gasteiger partial charge in [0, 0.05) is 17.3 Å². The van der Waals surface area contributed by atoms with E-state index < -0.39 is 10.0 Å². The molecule has 0 aromatic heterocycles. The van der Waals surface area contributed by atoms with E-state index >= 15 is 0 Å². The van der Waals surface area contributed by atoms with Crippen LogP contribution in [0.3, 0.4) is 0 Å². The topological polar surface area (TPSA) is 72.2 Å². The Kier molecular flexibility index (Phi) is 4.32. The van der Waals surface area contributed by atoms with Gasteiger partial charge in [0.2, 0.25) is 10.0 Å². The van der Waals surface area contributed by atoms with Gasteiger partial charge in [-0.1, -0.05) is 29.8 Å². The summed E-state index contributed by atoms with van der Waals surface area (Å²) in [6, 6.07) is 11.6. The third-order valence-electron chi connectivity index (χ3n) is 3.05. The van der Waals surface area contributed by atoms with E-state index in [1.807, 2.05) is 13.0 Å². The highest BCUT2D eigenvalue weighted by atomic mass is 35.5. The monoisotopic (exact) mass is 310 g/mol. The van der Waals surface area contributed by atoms with Crippen molar-refractivity contribution in [1.29, 1.82) is 0 Å². The van der Waals surface area contributed by atoms with Gasteiger partial charge < -0.3 is 5.73 Å². The fourth-order valence-corrected chi connectivity index (χ4v) is 3.09. The molecule has 0 atom stereocenters. The Labute approximate surface area is 123 Å². The van der Waals surface area contributed by atoms with Crippen LogP contribution < -0.4 is 10.5 Å². The third kappa shape index (κ3) is 3.30. The summed E-state index contributed by atoms with van der Waals surface area (Å²) < 4.78 is 26.9. The summed E-state index contributed by atoms with van der Waals surface area (Å²) >= 11 is 5.81. The van der Waals surface area contributed by atoms with Gasteiger partial charge in [0.05, 0.1) is 4.90 Å². The van der Waals surface area contributed by atoms with Crippen molar-refractivity contribution < 1.29 is 8.42 Å². The van der Waals surface area contributed by atoms with Gasteiger partial charge in [0.1, 0.15) is 0 Å². The first-order valence-electron chi connectivity index (χ1n) is 5.99. The normalized spacial score (nSPS) is 11.5. The minimum absolute atomic E-state index is 0.145. The molecule has 0 spiro atoms. The molecule has 0 unspecified atom stereocenters. The van der Waals surface area contributed by atoms with E-state index in [0.717, 1.165) is 11.1 Å².